The molecule has 3 fully saturated rings. The highest BCUT2D eigenvalue weighted by Crippen LogP contribution is 2.06. The van der Waals surface area contributed by atoms with Crippen molar-refractivity contribution in [1.82, 2.24) is 9.80 Å². The molecule has 0 atom stereocenters. The van der Waals surface area contributed by atoms with E-state index in [0.29, 0.717) is 0 Å². The first kappa shape index (κ1) is 17.7. The summed E-state index contributed by atoms with van der Waals surface area (Å²) in [5, 5.41) is 0. The minimum Gasteiger partial charge on any atom is -0.300 e. The summed E-state index contributed by atoms with van der Waals surface area (Å²) in [6.45, 7) is 7.92. The van der Waals surface area contributed by atoms with Crippen LogP contribution in [0.25, 0.3) is 0 Å². The van der Waals surface area contributed by atoms with Gasteiger partial charge in [-0.25, -0.2) is 0 Å². The Kier molecular flexibility index (Phi) is 10.7. The average molecular weight is 192 g/mol. The third-order valence-electron chi connectivity index (χ3n) is 2.20. The van der Waals surface area contributed by atoms with Crippen molar-refractivity contribution in [2.75, 3.05) is 39.3 Å². The molecule has 3 aliphatic rings. The lowest BCUT2D eigenvalue weighted by atomic mass is 10.2. The highest BCUT2D eigenvalue weighted by atomic mass is 19.0. The molecular formula is C6H16F4N2. The number of fused-ring (bicyclic) bond motifs is 3. The number of piperazine rings is 3. The van der Waals surface area contributed by atoms with E-state index in [0.717, 1.165) is 0 Å². The monoisotopic (exact) mass is 192 g/mol. The van der Waals surface area contributed by atoms with Crippen molar-refractivity contribution in [3.05, 3.63) is 0 Å². The van der Waals surface area contributed by atoms with Crippen molar-refractivity contribution < 1.29 is 18.8 Å². The van der Waals surface area contributed by atoms with Gasteiger partial charge in [-0.1, -0.05) is 0 Å². The second-order valence-corrected chi connectivity index (χ2v) is 2.68. The van der Waals surface area contributed by atoms with E-state index in [1.807, 2.05) is 0 Å². The van der Waals surface area contributed by atoms with Crippen LogP contribution in [0.1, 0.15) is 0 Å². The molecule has 0 aromatic rings. The van der Waals surface area contributed by atoms with Crippen molar-refractivity contribution in [1.29, 1.82) is 0 Å². The van der Waals surface area contributed by atoms with Gasteiger partial charge in [0.1, 0.15) is 0 Å². The molecule has 3 heterocycles. The molecule has 6 heteroatoms. The summed E-state index contributed by atoms with van der Waals surface area (Å²) in [4.78, 5) is 5.08. The second-order valence-electron chi connectivity index (χ2n) is 2.68. The van der Waals surface area contributed by atoms with Crippen LogP contribution in [0.3, 0.4) is 0 Å². The van der Waals surface area contributed by atoms with Gasteiger partial charge in [-0.15, -0.1) is 0 Å². The number of hydrogen-bond acceptors (Lipinski definition) is 2. The topological polar surface area (TPSA) is 6.48 Å². The van der Waals surface area contributed by atoms with Crippen molar-refractivity contribution in [2.45, 2.75) is 0 Å². The summed E-state index contributed by atoms with van der Waals surface area (Å²) in [6, 6.07) is 0. The molecule has 0 amide bonds. The first-order valence-corrected chi connectivity index (χ1v) is 3.40. The lowest BCUT2D eigenvalue weighted by molar-refractivity contribution is 0.0647. The SMILES string of the molecule is C1CN2CCN1CC2.F.F.F.F. The zero-order chi connectivity index (χ0) is 5.40. The fraction of sp³-hybridized carbons (Fsp3) is 1.00. The zero-order valence-electron chi connectivity index (χ0n) is 6.77. The summed E-state index contributed by atoms with van der Waals surface area (Å²) < 4.78 is 0. The Labute approximate surface area is 69.0 Å². The van der Waals surface area contributed by atoms with Crippen LogP contribution in [0.15, 0.2) is 0 Å². The number of hydrogen-bond donors (Lipinski definition) is 0. The predicted molar refractivity (Wildman–Crippen MR) is 42.9 cm³/mol. The molecule has 0 N–H and O–H groups in total. The van der Waals surface area contributed by atoms with Gasteiger partial charge >= 0.3 is 0 Å². The lowest BCUT2D eigenvalue weighted by Crippen LogP contribution is -2.55. The molecule has 2 nitrogen and oxygen atoms in total. The first-order chi connectivity index (χ1) is 3.95. The molecule has 3 aliphatic heterocycles. The third kappa shape index (κ3) is 3.36. The van der Waals surface area contributed by atoms with Crippen LogP contribution in [-0.2, 0) is 0 Å². The Bertz CT molecular complexity index is 72.5. The van der Waals surface area contributed by atoms with Crippen molar-refractivity contribution in [3.63, 3.8) is 0 Å². The van der Waals surface area contributed by atoms with Gasteiger partial charge in [-0.05, 0) is 0 Å². The van der Waals surface area contributed by atoms with Gasteiger partial charge in [-0.2, -0.15) is 0 Å². The summed E-state index contributed by atoms with van der Waals surface area (Å²) in [7, 11) is 0. The second kappa shape index (κ2) is 7.30. The molecular weight excluding hydrogens is 176 g/mol. The maximum atomic E-state index is 2.54. The number of nitrogens with zero attached hydrogens (tertiary/aromatic N) is 2. The third-order valence-corrected chi connectivity index (χ3v) is 2.20. The van der Waals surface area contributed by atoms with E-state index in [1.165, 1.54) is 39.3 Å². The fourth-order valence-corrected chi connectivity index (χ4v) is 1.52. The molecule has 0 aromatic heterocycles. The Hall–Kier alpha value is -0.360. The van der Waals surface area contributed by atoms with Crippen LogP contribution in [0.5, 0.6) is 0 Å². The van der Waals surface area contributed by atoms with E-state index in [9.17, 15) is 0 Å². The maximum Gasteiger partial charge on any atom is 0.0110 e. The van der Waals surface area contributed by atoms with Crippen molar-refractivity contribution >= 4 is 0 Å². The standard InChI is InChI=1S/C6H12N2.4FH/c1-2-8-5-3-7(1)4-6-8;;;;/h1-6H2;4*1H. The molecule has 78 valence electrons. The smallest absolute Gasteiger partial charge is 0.0110 e. The predicted octanol–water partition coefficient (Wildman–Crippen LogP) is 0.228. The molecule has 3 rings (SSSR count). The van der Waals surface area contributed by atoms with E-state index in [4.69, 9.17) is 0 Å². The van der Waals surface area contributed by atoms with Gasteiger partial charge in [-0.3, -0.25) is 28.6 Å². The Morgan fingerprint density at radius 1 is 0.417 bits per heavy atom. The van der Waals surface area contributed by atoms with E-state index in [-0.39, 0.29) is 18.8 Å². The summed E-state index contributed by atoms with van der Waals surface area (Å²) in [6.07, 6.45) is 0. The fourth-order valence-electron chi connectivity index (χ4n) is 1.52. The van der Waals surface area contributed by atoms with Crippen LogP contribution < -0.4 is 0 Å². The molecule has 0 radical (unpaired) electrons. The van der Waals surface area contributed by atoms with Crippen molar-refractivity contribution in [3.8, 4) is 0 Å². The molecule has 0 spiro atoms. The molecule has 0 unspecified atom stereocenters. The maximum absolute atomic E-state index is 2.54. The van der Waals surface area contributed by atoms with Gasteiger partial charge in [0.05, 0.1) is 0 Å². The van der Waals surface area contributed by atoms with E-state index >= 15 is 0 Å². The normalized spacial score (nSPS) is 30.0. The van der Waals surface area contributed by atoms with Crippen LogP contribution in [-0.4, -0.2) is 49.1 Å². The molecule has 2 bridgehead atoms. The molecule has 3 saturated heterocycles. The molecule has 12 heavy (non-hydrogen) atoms. The quantitative estimate of drug-likeness (QED) is 0.507. The Morgan fingerprint density at radius 3 is 0.667 bits per heavy atom. The highest BCUT2D eigenvalue weighted by molar-refractivity contribution is 4.78. The molecule has 0 aromatic carbocycles. The Morgan fingerprint density at radius 2 is 0.583 bits per heavy atom. The lowest BCUT2D eigenvalue weighted by Gasteiger charge is -2.41. The van der Waals surface area contributed by atoms with Gasteiger partial charge in [0.25, 0.3) is 0 Å². The highest BCUT2D eigenvalue weighted by Gasteiger charge is 2.21. The van der Waals surface area contributed by atoms with Crippen LogP contribution in [0.2, 0.25) is 0 Å². The van der Waals surface area contributed by atoms with E-state index < -0.39 is 0 Å². The summed E-state index contributed by atoms with van der Waals surface area (Å²) >= 11 is 0. The van der Waals surface area contributed by atoms with Crippen molar-refractivity contribution in [2.24, 2.45) is 0 Å². The van der Waals surface area contributed by atoms with Gasteiger partial charge in [0.15, 0.2) is 0 Å². The minimum absolute atomic E-state index is 0. The Balaban J connectivity index is -0.000000202. The van der Waals surface area contributed by atoms with Crippen LogP contribution in [0, 0.1) is 0 Å². The van der Waals surface area contributed by atoms with Gasteiger partial charge in [0, 0.05) is 39.3 Å². The minimum atomic E-state index is 0. The zero-order valence-corrected chi connectivity index (χ0v) is 6.77. The first-order valence-electron chi connectivity index (χ1n) is 3.40. The molecule has 0 saturated carbocycles. The number of halogens is 4. The van der Waals surface area contributed by atoms with E-state index in [2.05, 4.69) is 9.80 Å². The molecule has 0 aliphatic carbocycles. The van der Waals surface area contributed by atoms with Crippen LogP contribution in [0.4, 0.5) is 18.8 Å². The van der Waals surface area contributed by atoms with E-state index in [1.54, 1.807) is 0 Å². The van der Waals surface area contributed by atoms with Crippen LogP contribution >= 0.6 is 0 Å². The number of rotatable bonds is 0. The van der Waals surface area contributed by atoms with Gasteiger partial charge in [0.2, 0.25) is 0 Å². The summed E-state index contributed by atoms with van der Waals surface area (Å²) in [5.74, 6) is 0. The summed E-state index contributed by atoms with van der Waals surface area (Å²) in [5.41, 5.74) is 0. The largest absolute Gasteiger partial charge is 0.300 e. The van der Waals surface area contributed by atoms with Gasteiger partial charge < -0.3 is 0 Å². The average Bonchev–Trinajstić information content (AvgIpc) is 1.92.